The summed E-state index contributed by atoms with van der Waals surface area (Å²) in [7, 11) is 1.55. The Kier molecular flexibility index (Phi) is 3.83. The Hall–Kier alpha value is -2.75. The third kappa shape index (κ3) is 2.68. The number of nitrogens with one attached hydrogen (secondary N) is 1. The van der Waals surface area contributed by atoms with Crippen LogP contribution in [0.5, 0.6) is 5.75 Å². The van der Waals surface area contributed by atoms with E-state index in [2.05, 4.69) is 5.32 Å². The van der Waals surface area contributed by atoms with Gasteiger partial charge < -0.3 is 14.5 Å². The maximum atomic E-state index is 12.4. The summed E-state index contributed by atoms with van der Waals surface area (Å²) in [6.45, 7) is 1.89. The van der Waals surface area contributed by atoms with E-state index in [-0.39, 0.29) is 11.9 Å². The number of ether oxygens (including phenoxy) is 1. The van der Waals surface area contributed by atoms with Crippen molar-refractivity contribution >= 4 is 16.9 Å². The van der Waals surface area contributed by atoms with Gasteiger partial charge in [0.05, 0.1) is 18.7 Å². The highest BCUT2D eigenvalue weighted by Crippen LogP contribution is 2.24. The Labute approximate surface area is 128 Å². The minimum atomic E-state index is -0.232. The molecule has 0 fully saturated rings. The van der Waals surface area contributed by atoms with Crippen molar-refractivity contribution in [2.45, 2.75) is 13.0 Å². The van der Waals surface area contributed by atoms with Crippen LogP contribution >= 0.6 is 0 Å². The molecule has 0 aliphatic heterocycles. The maximum Gasteiger partial charge on any atom is 0.255 e. The van der Waals surface area contributed by atoms with E-state index in [1.807, 2.05) is 49.4 Å². The van der Waals surface area contributed by atoms with Gasteiger partial charge in [0.25, 0.3) is 5.91 Å². The molecule has 112 valence electrons. The number of methoxy groups -OCH3 is 1. The van der Waals surface area contributed by atoms with E-state index in [0.29, 0.717) is 11.3 Å². The number of para-hydroxylation sites is 2. The maximum absolute atomic E-state index is 12.4. The molecule has 0 aliphatic carbocycles. The summed E-state index contributed by atoms with van der Waals surface area (Å²) >= 11 is 0. The van der Waals surface area contributed by atoms with Crippen LogP contribution in [0.2, 0.25) is 0 Å². The van der Waals surface area contributed by atoms with E-state index < -0.39 is 0 Å². The van der Waals surface area contributed by atoms with Crippen LogP contribution < -0.4 is 10.1 Å². The summed E-state index contributed by atoms with van der Waals surface area (Å²) in [4.78, 5) is 12.4. The standard InChI is InChI=1S/C18H17NO3/c1-12(17-11-13-7-3-5-9-15(13)22-17)19-18(20)14-8-4-6-10-16(14)21-2/h3-12H,1-2H3,(H,19,20)/t12-/m1/s1. The summed E-state index contributed by atoms with van der Waals surface area (Å²) in [5, 5.41) is 3.96. The molecular weight excluding hydrogens is 278 g/mol. The van der Waals surface area contributed by atoms with Gasteiger partial charge in [-0.25, -0.2) is 0 Å². The van der Waals surface area contributed by atoms with Gasteiger partial charge in [-0.1, -0.05) is 30.3 Å². The molecular formula is C18H17NO3. The lowest BCUT2D eigenvalue weighted by Gasteiger charge is -2.13. The van der Waals surface area contributed by atoms with Crippen molar-refractivity contribution in [1.82, 2.24) is 5.32 Å². The monoisotopic (exact) mass is 295 g/mol. The summed E-state index contributed by atoms with van der Waals surface area (Å²) in [5.41, 5.74) is 1.32. The van der Waals surface area contributed by atoms with Gasteiger partial charge in [0, 0.05) is 5.39 Å². The van der Waals surface area contributed by atoms with E-state index in [4.69, 9.17) is 9.15 Å². The third-order valence-electron chi connectivity index (χ3n) is 3.57. The molecule has 1 atom stereocenters. The molecule has 3 rings (SSSR count). The highest BCUT2D eigenvalue weighted by molar-refractivity contribution is 5.97. The Bertz CT molecular complexity index is 774. The van der Waals surface area contributed by atoms with Gasteiger partial charge in [-0.15, -0.1) is 0 Å². The van der Waals surface area contributed by atoms with E-state index >= 15 is 0 Å². The van der Waals surface area contributed by atoms with E-state index in [9.17, 15) is 4.79 Å². The zero-order valence-corrected chi connectivity index (χ0v) is 12.5. The fraction of sp³-hybridized carbons (Fsp3) is 0.167. The lowest BCUT2D eigenvalue weighted by Crippen LogP contribution is -2.26. The zero-order valence-electron chi connectivity index (χ0n) is 12.5. The zero-order chi connectivity index (χ0) is 15.5. The van der Waals surface area contributed by atoms with Gasteiger partial charge in [0.15, 0.2) is 0 Å². The number of furan rings is 1. The summed E-state index contributed by atoms with van der Waals surface area (Å²) < 4.78 is 11.0. The summed E-state index contributed by atoms with van der Waals surface area (Å²) in [5.74, 6) is 1.09. The van der Waals surface area contributed by atoms with Crippen LogP contribution in [-0.2, 0) is 0 Å². The normalized spacial score (nSPS) is 12.1. The second-order valence-electron chi connectivity index (χ2n) is 5.08. The molecule has 0 saturated heterocycles. The minimum absolute atomic E-state index is 0.189. The van der Waals surface area contributed by atoms with Crippen molar-refractivity contribution in [2.75, 3.05) is 7.11 Å². The number of hydrogen-bond acceptors (Lipinski definition) is 3. The predicted octanol–water partition coefficient (Wildman–Crippen LogP) is 3.93. The molecule has 4 heteroatoms. The van der Waals surface area contributed by atoms with Crippen LogP contribution in [0, 0.1) is 0 Å². The lowest BCUT2D eigenvalue weighted by atomic mass is 10.1. The Balaban J connectivity index is 1.81. The van der Waals surface area contributed by atoms with E-state index in [0.717, 1.165) is 16.7 Å². The molecule has 3 aromatic rings. The smallest absolute Gasteiger partial charge is 0.255 e. The number of fused-ring (bicyclic) bond motifs is 1. The van der Waals surface area contributed by atoms with Crippen molar-refractivity contribution < 1.29 is 13.9 Å². The quantitative estimate of drug-likeness (QED) is 0.793. The number of hydrogen-bond donors (Lipinski definition) is 1. The highest BCUT2D eigenvalue weighted by Gasteiger charge is 2.17. The Morgan fingerprint density at radius 1 is 1.14 bits per heavy atom. The fourth-order valence-electron chi connectivity index (χ4n) is 2.39. The van der Waals surface area contributed by atoms with Crippen molar-refractivity contribution in [3.05, 3.63) is 65.9 Å². The molecule has 2 aromatic carbocycles. The first-order valence-corrected chi connectivity index (χ1v) is 7.11. The fourth-order valence-corrected chi connectivity index (χ4v) is 2.39. The molecule has 0 unspecified atom stereocenters. The topological polar surface area (TPSA) is 51.5 Å². The van der Waals surface area contributed by atoms with Crippen molar-refractivity contribution in [3.8, 4) is 5.75 Å². The average Bonchev–Trinajstić information content (AvgIpc) is 2.99. The van der Waals surface area contributed by atoms with Crippen LogP contribution in [0.3, 0.4) is 0 Å². The number of carbonyl (C=O) groups excluding carboxylic acids is 1. The first-order chi connectivity index (χ1) is 10.7. The van der Waals surface area contributed by atoms with E-state index in [1.54, 1.807) is 19.2 Å². The van der Waals surface area contributed by atoms with Crippen LogP contribution in [0.15, 0.2) is 59.0 Å². The minimum Gasteiger partial charge on any atom is -0.496 e. The SMILES string of the molecule is COc1ccccc1C(=O)N[C@H](C)c1cc2ccccc2o1. The largest absolute Gasteiger partial charge is 0.496 e. The molecule has 1 heterocycles. The van der Waals surface area contributed by atoms with Gasteiger partial charge >= 0.3 is 0 Å². The highest BCUT2D eigenvalue weighted by atomic mass is 16.5. The molecule has 22 heavy (non-hydrogen) atoms. The molecule has 0 bridgehead atoms. The second kappa shape index (κ2) is 5.93. The molecule has 0 spiro atoms. The molecule has 1 aromatic heterocycles. The molecule has 1 amide bonds. The predicted molar refractivity (Wildman–Crippen MR) is 85.1 cm³/mol. The van der Waals surface area contributed by atoms with Gasteiger partial charge in [-0.3, -0.25) is 4.79 Å². The Morgan fingerprint density at radius 3 is 2.64 bits per heavy atom. The van der Waals surface area contributed by atoms with Gasteiger partial charge in [-0.05, 0) is 31.2 Å². The second-order valence-corrected chi connectivity index (χ2v) is 5.08. The number of amides is 1. The van der Waals surface area contributed by atoms with Crippen molar-refractivity contribution in [1.29, 1.82) is 0 Å². The molecule has 0 saturated carbocycles. The average molecular weight is 295 g/mol. The molecule has 0 radical (unpaired) electrons. The van der Waals surface area contributed by atoms with Gasteiger partial charge in [-0.2, -0.15) is 0 Å². The molecule has 1 N–H and O–H groups in total. The first kappa shape index (κ1) is 14.2. The van der Waals surface area contributed by atoms with Crippen LogP contribution in [0.4, 0.5) is 0 Å². The number of rotatable bonds is 4. The number of carbonyl (C=O) groups is 1. The summed E-state index contributed by atoms with van der Waals surface area (Å²) in [6, 6.07) is 16.6. The van der Waals surface area contributed by atoms with Crippen LogP contribution in [0.25, 0.3) is 11.0 Å². The van der Waals surface area contributed by atoms with Crippen LogP contribution in [-0.4, -0.2) is 13.0 Å². The molecule has 0 aliphatic rings. The van der Waals surface area contributed by atoms with Gasteiger partial charge in [0.1, 0.15) is 17.1 Å². The van der Waals surface area contributed by atoms with Crippen molar-refractivity contribution in [3.63, 3.8) is 0 Å². The van der Waals surface area contributed by atoms with Gasteiger partial charge in [0.2, 0.25) is 0 Å². The van der Waals surface area contributed by atoms with E-state index in [1.165, 1.54) is 0 Å². The molecule has 4 nitrogen and oxygen atoms in total. The Morgan fingerprint density at radius 2 is 1.86 bits per heavy atom. The number of benzene rings is 2. The van der Waals surface area contributed by atoms with Crippen LogP contribution in [0.1, 0.15) is 29.1 Å². The van der Waals surface area contributed by atoms with Crippen molar-refractivity contribution in [2.24, 2.45) is 0 Å². The third-order valence-corrected chi connectivity index (χ3v) is 3.57. The summed E-state index contributed by atoms with van der Waals surface area (Å²) in [6.07, 6.45) is 0. The first-order valence-electron chi connectivity index (χ1n) is 7.11. The lowest BCUT2D eigenvalue weighted by molar-refractivity contribution is 0.0932.